The van der Waals surface area contributed by atoms with Crippen LogP contribution < -0.4 is 0 Å². The molecule has 0 bridgehead atoms. The molecule has 0 aromatic carbocycles. The molecule has 0 amide bonds. The number of hydrogen-bond donors (Lipinski definition) is 2. The zero-order valence-corrected chi connectivity index (χ0v) is 9.26. The van der Waals surface area contributed by atoms with E-state index in [4.69, 9.17) is 0 Å². The van der Waals surface area contributed by atoms with Gasteiger partial charge in [0.1, 0.15) is 0 Å². The second kappa shape index (κ2) is 4.44. The van der Waals surface area contributed by atoms with Crippen molar-refractivity contribution in [2.24, 2.45) is 23.7 Å². The van der Waals surface area contributed by atoms with Crippen LogP contribution in [-0.2, 0) is 9.59 Å². The summed E-state index contributed by atoms with van der Waals surface area (Å²) in [6.45, 7) is 0. The number of carboxylic acids is 2. The molecule has 2 rings (SSSR count). The van der Waals surface area contributed by atoms with Crippen LogP contribution in [0.1, 0.15) is 38.5 Å². The van der Waals surface area contributed by atoms with Gasteiger partial charge in [-0.15, -0.1) is 0 Å². The lowest BCUT2D eigenvalue weighted by Gasteiger charge is -2.42. The first kappa shape index (κ1) is 11.4. The summed E-state index contributed by atoms with van der Waals surface area (Å²) < 4.78 is 0. The van der Waals surface area contributed by atoms with Gasteiger partial charge in [-0.1, -0.05) is 25.7 Å². The fourth-order valence-corrected chi connectivity index (χ4v) is 3.63. The Morgan fingerprint density at radius 3 is 1.62 bits per heavy atom. The smallest absolute Gasteiger partial charge is 0.306 e. The summed E-state index contributed by atoms with van der Waals surface area (Å²) in [5.74, 6) is -2.27. The first-order chi connectivity index (χ1) is 7.61. The first-order valence-electron chi connectivity index (χ1n) is 6.07. The summed E-state index contributed by atoms with van der Waals surface area (Å²) in [5.41, 5.74) is 0. The maximum Gasteiger partial charge on any atom is 0.306 e. The van der Waals surface area contributed by atoms with Crippen LogP contribution in [0.3, 0.4) is 0 Å². The van der Waals surface area contributed by atoms with Crippen LogP contribution in [-0.4, -0.2) is 22.2 Å². The molecule has 2 aliphatic carbocycles. The fourth-order valence-electron chi connectivity index (χ4n) is 3.63. The highest BCUT2D eigenvalue weighted by molar-refractivity contribution is 5.75. The SMILES string of the molecule is O=C(O)C1CCCC2CCCC(C(=O)O)C21. The average Bonchev–Trinajstić information content (AvgIpc) is 2.27. The summed E-state index contributed by atoms with van der Waals surface area (Å²) in [5, 5.41) is 18.4. The lowest BCUT2D eigenvalue weighted by atomic mass is 9.61. The summed E-state index contributed by atoms with van der Waals surface area (Å²) >= 11 is 0. The molecule has 16 heavy (non-hydrogen) atoms. The van der Waals surface area contributed by atoms with Gasteiger partial charge in [0.15, 0.2) is 0 Å². The van der Waals surface area contributed by atoms with Crippen molar-refractivity contribution in [1.82, 2.24) is 0 Å². The Bertz CT molecular complexity index is 271. The van der Waals surface area contributed by atoms with Crippen LogP contribution in [0.15, 0.2) is 0 Å². The molecule has 0 aromatic rings. The molecule has 0 aliphatic heterocycles. The monoisotopic (exact) mass is 226 g/mol. The molecule has 4 nitrogen and oxygen atoms in total. The van der Waals surface area contributed by atoms with Gasteiger partial charge in [0.25, 0.3) is 0 Å². The van der Waals surface area contributed by atoms with E-state index in [0.717, 1.165) is 25.7 Å². The number of aliphatic carboxylic acids is 2. The minimum atomic E-state index is -0.803. The Hall–Kier alpha value is -1.06. The molecule has 0 spiro atoms. The predicted molar refractivity (Wildman–Crippen MR) is 56.9 cm³/mol. The molecule has 2 fully saturated rings. The largest absolute Gasteiger partial charge is 0.481 e. The lowest BCUT2D eigenvalue weighted by molar-refractivity contribution is -0.155. The number of rotatable bonds is 2. The van der Waals surface area contributed by atoms with Gasteiger partial charge in [-0.05, 0) is 24.7 Å². The van der Waals surface area contributed by atoms with Crippen molar-refractivity contribution in [2.45, 2.75) is 38.5 Å². The Balaban J connectivity index is 2.22. The van der Waals surface area contributed by atoms with Gasteiger partial charge in [0.05, 0.1) is 11.8 Å². The number of fused-ring (bicyclic) bond motifs is 1. The summed E-state index contributed by atoms with van der Waals surface area (Å²) in [6.07, 6.45) is 5.20. The fraction of sp³-hybridized carbons (Fsp3) is 0.833. The van der Waals surface area contributed by atoms with E-state index in [-0.39, 0.29) is 5.92 Å². The van der Waals surface area contributed by atoms with E-state index < -0.39 is 23.8 Å². The van der Waals surface area contributed by atoms with Gasteiger partial charge in [-0.2, -0.15) is 0 Å². The second-order valence-electron chi connectivity index (χ2n) is 5.09. The molecule has 4 heteroatoms. The minimum Gasteiger partial charge on any atom is -0.481 e. The van der Waals surface area contributed by atoms with Crippen LogP contribution in [0.25, 0.3) is 0 Å². The van der Waals surface area contributed by atoms with Gasteiger partial charge < -0.3 is 10.2 Å². The van der Waals surface area contributed by atoms with Crippen molar-refractivity contribution < 1.29 is 19.8 Å². The first-order valence-corrected chi connectivity index (χ1v) is 6.07. The van der Waals surface area contributed by atoms with Crippen LogP contribution in [0.5, 0.6) is 0 Å². The van der Waals surface area contributed by atoms with Gasteiger partial charge in [0.2, 0.25) is 0 Å². The molecule has 2 unspecified atom stereocenters. The molecule has 2 N–H and O–H groups in total. The molecule has 0 saturated heterocycles. The van der Waals surface area contributed by atoms with E-state index in [1.54, 1.807) is 0 Å². The molecule has 0 aromatic heterocycles. The third kappa shape index (κ3) is 1.93. The van der Waals surface area contributed by atoms with E-state index in [1.165, 1.54) is 0 Å². The third-order valence-corrected chi connectivity index (χ3v) is 4.29. The minimum absolute atomic E-state index is 0.127. The van der Waals surface area contributed by atoms with Gasteiger partial charge in [0, 0.05) is 0 Å². The highest BCUT2D eigenvalue weighted by Crippen LogP contribution is 2.47. The van der Waals surface area contributed by atoms with Crippen LogP contribution in [0.4, 0.5) is 0 Å². The van der Waals surface area contributed by atoms with Crippen molar-refractivity contribution in [2.75, 3.05) is 0 Å². The van der Waals surface area contributed by atoms with Crippen molar-refractivity contribution in [3.63, 3.8) is 0 Å². The maximum absolute atomic E-state index is 11.2. The van der Waals surface area contributed by atoms with Crippen molar-refractivity contribution in [3.8, 4) is 0 Å². The molecule has 2 aliphatic rings. The Morgan fingerprint density at radius 2 is 1.25 bits per heavy atom. The van der Waals surface area contributed by atoms with Crippen molar-refractivity contribution >= 4 is 11.9 Å². The normalized spacial score (nSPS) is 38.8. The maximum atomic E-state index is 11.2. The molecule has 0 heterocycles. The van der Waals surface area contributed by atoms with Gasteiger partial charge in [-0.3, -0.25) is 9.59 Å². The number of carboxylic acid groups (broad SMARTS) is 2. The standard InChI is InChI=1S/C12H18O4/c13-11(14)8-5-1-3-7-4-2-6-9(10(7)8)12(15)16/h7-10H,1-6H2,(H,13,14)(H,15,16). The van der Waals surface area contributed by atoms with Gasteiger partial charge >= 0.3 is 11.9 Å². The third-order valence-electron chi connectivity index (χ3n) is 4.29. The quantitative estimate of drug-likeness (QED) is 0.755. The molecule has 2 atom stereocenters. The van der Waals surface area contributed by atoms with Crippen LogP contribution in [0.2, 0.25) is 0 Å². The van der Waals surface area contributed by atoms with E-state index in [2.05, 4.69) is 0 Å². The lowest BCUT2D eigenvalue weighted by Crippen LogP contribution is -2.43. The summed E-state index contributed by atoms with van der Waals surface area (Å²) in [7, 11) is 0. The van der Waals surface area contributed by atoms with E-state index >= 15 is 0 Å². The van der Waals surface area contributed by atoms with E-state index in [0.29, 0.717) is 18.8 Å². The average molecular weight is 226 g/mol. The molecule has 2 saturated carbocycles. The topological polar surface area (TPSA) is 74.6 Å². The summed E-state index contributed by atoms with van der Waals surface area (Å²) in [6, 6.07) is 0. The second-order valence-corrected chi connectivity index (χ2v) is 5.09. The summed E-state index contributed by atoms with van der Waals surface area (Å²) in [4.78, 5) is 22.4. The van der Waals surface area contributed by atoms with Crippen LogP contribution in [0, 0.1) is 23.7 Å². The van der Waals surface area contributed by atoms with Crippen LogP contribution >= 0.6 is 0 Å². The van der Waals surface area contributed by atoms with Gasteiger partial charge in [-0.25, -0.2) is 0 Å². The van der Waals surface area contributed by atoms with E-state index in [9.17, 15) is 19.8 Å². The highest BCUT2D eigenvalue weighted by Gasteiger charge is 2.46. The number of carbonyl (C=O) groups is 2. The predicted octanol–water partition coefficient (Wildman–Crippen LogP) is 1.99. The van der Waals surface area contributed by atoms with Crippen molar-refractivity contribution in [3.05, 3.63) is 0 Å². The van der Waals surface area contributed by atoms with Crippen molar-refractivity contribution in [1.29, 1.82) is 0 Å². The highest BCUT2D eigenvalue weighted by atomic mass is 16.4. The Kier molecular flexibility index (Phi) is 3.17. The van der Waals surface area contributed by atoms with E-state index in [1.807, 2.05) is 0 Å². The molecule has 0 radical (unpaired) electrons. The zero-order valence-electron chi connectivity index (χ0n) is 9.26. The molecular weight excluding hydrogens is 208 g/mol. The molecular formula is C12H18O4. The Morgan fingerprint density at radius 1 is 0.812 bits per heavy atom. The number of hydrogen-bond acceptors (Lipinski definition) is 2. The Labute approximate surface area is 94.7 Å². The molecule has 90 valence electrons. The zero-order chi connectivity index (χ0) is 11.7.